The summed E-state index contributed by atoms with van der Waals surface area (Å²) < 4.78 is 0. The summed E-state index contributed by atoms with van der Waals surface area (Å²) in [5, 5.41) is -0.342. The molecule has 0 atom stereocenters. The Morgan fingerprint density at radius 3 is 2.88 bits per heavy atom. The molecule has 3 heteroatoms. The first-order valence-electron chi connectivity index (χ1n) is 1.97. The molecule has 44 valence electrons. The molecular formula is C5H5ClOS. The van der Waals surface area contributed by atoms with Crippen molar-refractivity contribution in [1.82, 2.24) is 0 Å². The number of hydrogen-bond donors (Lipinski definition) is 0. The largest absolute Gasteiger partial charge is 0.280 e. The van der Waals surface area contributed by atoms with Crippen LogP contribution >= 0.6 is 23.4 Å². The van der Waals surface area contributed by atoms with Gasteiger partial charge in [-0.05, 0) is 11.6 Å². The van der Waals surface area contributed by atoms with Gasteiger partial charge in [0.1, 0.15) is 0 Å². The normalized spacial score (nSPS) is 8.00. The highest BCUT2D eigenvalue weighted by atomic mass is 35.5. The summed E-state index contributed by atoms with van der Waals surface area (Å²) in [4.78, 5) is 9.99. The molecule has 0 aliphatic heterocycles. The minimum Gasteiger partial charge on any atom is -0.280 e. The maximum atomic E-state index is 9.99. The quantitative estimate of drug-likeness (QED) is 0.339. The Bertz CT molecular complexity index is 116. The van der Waals surface area contributed by atoms with E-state index in [4.69, 9.17) is 18.0 Å². The van der Waals surface area contributed by atoms with E-state index >= 15 is 0 Å². The maximum absolute atomic E-state index is 9.99. The lowest BCUT2D eigenvalue weighted by Gasteiger charge is -1.85. The summed E-state index contributed by atoms with van der Waals surface area (Å²) >= 11 is 6.33. The monoisotopic (exact) mass is 148 g/mol. The van der Waals surface area contributed by atoms with Crippen molar-refractivity contribution >= 4 is 28.6 Å². The first-order chi connectivity index (χ1) is 3.77. The van der Waals surface area contributed by atoms with Gasteiger partial charge in [0.15, 0.2) is 0 Å². The molecule has 0 saturated carbocycles. The van der Waals surface area contributed by atoms with Gasteiger partial charge in [-0.3, -0.25) is 4.79 Å². The van der Waals surface area contributed by atoms with Crippen molar-refractivity contribution in [2.24, 2.45) is 0 Å². The molecule has 0 spiro atoms. The van der Waals surface area contributed by atoms with E-state index in [9.17, 15) is 4.79 Å². The summed E-state index contributed by atoms with van der Waals surface area (Å²) in [5.74, 6) is 3.24. The van der Waals surface area contributed by atoms with Gasteiger partial charge in [0.2, 0.25) is 5.24 Å². The molecule has 0 aromatic carbocycles. The molecule has 0 radical (unpaired) electrons. The van der Waals surface area contributed by atoms with Gasteiger partial charge >= 0.3 is 0 Å². The van der Waals surface area contributed by atoms with Crippen LogP contribution in [0.4, 0.5) is 0 Å². The number of rotatable bonds is 3. The predicted molar refractivity (Wildman–Crippen MR) is 37.0 cm³/mol. The first-order valence-corrected chi connectivity index (χ1v) is 3.50. The van der Waals surface area contributed by atoms with Crippen molar-refractivity contribution in [3.63, 3.8) is 0 Å². The SMILES string of the molecule is C#CCSCC(=O)Cl. The van der Waals surface area contributed by atoms with Crippen molar-refractivity contribution < 1.29 is 4.79 Å². The van der Waals surface area contributed by atoms with Gasteiger partial charge in [0, 0.05) is 0 Å². The Morgan fingerprint density at radius 2 is 2.50 bits per heavy atom. The van der Waals surface area contributed by atoms with Gasteiger partial charge < -0.3 is 0 Å². The van der Waals surface area contributed by atoms with Crippen molar-refractivity contribution in [3.8, 4) is 12.3 Å². The van der Waals surface area contributed by atoms with Crippen LogP contribution in [0.25, 0.3) is 0 Å². The average Bonchev–Trinajstić information content (AvgIpc) is 1.66. The minimum absolute atomic E-state index is 0.311. The van der Waals surface area contributed by atoms with Crippen LogP contribution in [0, 0.1) is 12.3 Å². The summed E-state index contributed by atoms with van der Waals surface area (Å²) in [6.07, 6.45) is 4.89. The zero-order valence-corrected chi connectivity index (χ0v) is 5.76. The third-order valence-corrected chi connectivity index (χ3v) is 1.53. The highest BCUT2D eigenvalue weighted by molar-refractivity contribution is 8.00. The number of carbonyl (C=O) groups excluding carboxylic acids is 1. The molecule has 0 saturated heterocycles. The first kappa shape index (κ1) is 7.87. The molecule has 0 heterocycles. The Morgan fingerprint density at radius 1 is 1.88 bits per heavy atom. The number of thioether (sulfide) groups is 1. The molecule has 1 nitrogen and oxygen atoms in total. The molecule has 0 bridgehead atoms. The van der Waals surface area contributed by atoms with Gasteiger partial charge in [0.05, 0.1) is 11.5 Å². The van der Waals surface area contributed by atoms with Gasteiger partial charge in [-0.1, -0.05) is 5.92 Å². The van der Waals surface area contributed by atoms with Gasteiger partial charge in [-0.15, -0.1) is 18.2 Å². The van der Waals surface area contributed by atoms with Crippen LogP contribution in [-0.4, -0.2) is 16.7 Å². The topological polar surface area (TPSA) is 17.1 Å². The smallest absolute Gasteiger partial charge is 0.231 e. The maximum Gasteiger partial charge on any atom is 0.231 e. The molecule has 8 heavy (non-hydrogen) atoms. The molecule has 0 amide bonds. The fraction of sp³-hybridized carbons (Fsp3) is 0.400. The Labute approximate surface area is 57.8 Å². The Hall–Kier alpha value is -0.130. The lowest BCUT2D eigenvalue weighted by Crippen LogP contribution is -1.89. The van der Waals surface area contributed by atoms with E-state index in [1.54, 1.807) is 0 Å². The highest BCUT2D eigenvalue weighted by Gasteiger charge is 1.91. The second kappa shape index (κ2) is 5.02. The molecular weight excluding hydrogens is 144 g/mol. The van der Waals surface area contributed by atoms with Crippen LogP contribution < -0.4 is 0 Å². The summed E-state index contributed by atoms with van der Waals surface area (Å²) in [6, 6.07) is 0. The summed E-state index contributed by atoms with van der Waals surface area (Å²) in [6.45, 7) is 0. The molecule has 0 fully saturated rings. The van der Waals surface area contributed by atoms with Crippen molar-refractivity contribution in [3.05, 3.63) is 0 Å². The average molecular weight is 149 g/mol. The second-order valence-electron chi connectivity index (χ2n) is 1.05. The predicted octanol–water partition coefficient (Wildman–Crippen LogP) is 1.12. The van der Waals surface area contributed by atoms with E-state index in [2.05, 4.69) is 5.92 Å². The van der Waals surface area contributed by atoms with Crippen LogP contribution in [0.15, 0.2) is 0 Å². The molecule has 0 aromatic heterocycles. The second-order valence-corrected chi connectivity index (χ2v) is 2.46. The Kier molecular flexibility index (Phi) is 4.93. The fourth-order valence-electron chi connectivity index (χ4n) is 0.190. The van der Waals surface area contributed by atoms with Crippen LogP contribution in [0.2, 0.25) is 0 Å². The number of hydrogen-bond acceptors (Lipinski definition) is 2. The van der Waals surface area contributed by atoms with Gasteiger partial charge in [-0.2, -0.15) is 0 Å². The van der Waals surface area contributed by atoms with Gasteiger partial charge in [0.25, 0.3) is 0 Å². The van der Waals surface area contributed by atoms with E-state index in [0.717, 1.165) is 0 Å². The van der Waals surface area contributed by atoms with Crippen LogP contribution in [0.3, 0.4) is 0 Å². The van der Waals surface area contributed by atoms with Crippen molar-refractivity contribution in [2.45, 2.75) is 0 Å². The fourth-order valence-corrected chi connectivity index (χ4v) is 0.802. The number of terminal acetylenes is 1. The summed E-state index contributed by atoms with van der Waals surface area (Å²) in [7, 11) is 0. The third kappa shape index (κ3) is 5.87. The highest BCUT2D eigenvalue weighted by Crippen LogP contribution is 1.99. The van der Waals surface area contributed by atoms with Gasteiger partial charge in [-0.25, -0.2) is 0 Å². The zero-order valence-electron chi connectivity index (χ0n) is 4.19. The van der Waals surface area contributed by atoms with Crippen molar-refractivity contribution in [2.75, 3.05) is 11.5 Å². The molecule has 0 aliphatic rings. The summed E-state index contributed by atoms with van der Waals surface area (Å²) in [5.41, 5.74) is 0. The van der Waals surface area contributed by atoms with Crippen LogP contribution in [-0.2, 0) is 4.79 Å². The molecule has 0 N–H and O–H groups in total. The third-order valence-electron chi connectivity index (χ3n) is 0.401. The number of carbonyl (C=O) groups is 1. The standard InChI is InChI=1S/C5H5ClOS/c1-2-3-8-4-5(6)7/h1H,3-4H2. The minimum atomic E-state index is -0.342. The molecule has 0 aromatic rings. The number of halogens is 1. The molecule has 0 unspecified atom stereocenters. The molecule has 0 aliphatic carbocycles. The van der Waals surface area contributed by atoms with Crippen molar-refractivity contribution in [1.29, 1.82) is 0 Å². The van der Waals surface area contributed by atoms with E-state index < -0.39 is 0 Å². The lowest BCUT2D eigenvalue weighted by atomic mass is 10.8. The molecule has 0 rings (SSSR count). The van der Waals surface area contributed by atoms with E-state index in [1.807, 2.05) is 0 Å². The van der Waals surface area contributed by atoms with Crippen LogP contribution in [0.1, 0.15) is 0 Å². The zero-order chi connectivity index (χ0) is 6.41. The van der Waals surface area contributed by atoms with Crippen LogP contribution in [0.5, 0.6) is 0 Å². The van der Waals surface area contributed by atoms with E-state index in [0.29, 0.717) is 11.5 Å². The van der Waals surface area contributed by atoms with E-state index in [1.165, 1.54) is 11.8 Å². The Balaban J connectivity index is 2.97. The van der Waals surface area contributed by atoms with E-state index in [-0.39, 0.29) is 5.24 Å². The lowest BCUT2D eigenvalue weighted by molar-refractivity contribution is -0.109.